The zero-order valence-electron chi connectivity index (χ0n) is 8.47. The third kappa shape index (κ3) is 6.28. The summed E-state index contributed by atoms with van der Waals surface area (Å²) in [4.78, 5) is 13.4. The number of hydrogen-bond acceptors (Lipinski definition) is 3. The minimum atomic E-state index is -1.53. The van der Waals surface area contributed by atoms with Gasteiger partial charge in [0.1, 0.15) is 0 Å². The fourth-order valence-electron chi connectivity index (χ4n) is 1.08. The molecule has 0 aromatic rings. The van der Waals surface area contributed by atoms with Gasteiger partial charge in [-0.05, 0) is 33.5 Å². The van der Waals surface area contributed by atoms with Crippen LogP contribution in [-0.4, -0.2) is 26.5 Å². The molecule has 0 spiro atoms. The van der Waals surface area contributed by atoms with E-state index in [1.54, 1.807) is 0 Å². The standard InChI is InChI=1S/C8H17NO2Si/c1-8(2,6-9-7-10)11-12(3,4)5/h6H2,1-5H3. The quantitative estimate of drug-likeness (QED) is 0.383. The summed E-state index contributed by atoms with van der Waals surface area (Å²) >= 11 is 0. The van der Waals surface area contributed by atoms with Gasteiger partial charge in [-0.1, -0.05) is 0 Å². The van der Waals surface area contributed by atoms with Crippen LogP contribution in [-0.2, 0) is 9.22 Å². The average molecular weight is 187 g/mol. The molecule has 12 heavy (non-hydrogen) atoms. The smallest absolute Gasteiger partial charge is 0.235 e. The van der Waals surface area contributed by atoms with E-state index < -0.39 is 8.32 Å². The van der Waals surface area contributed by atoms with E-state index in [9.17, 15) is 4.79 Å². The van der Waals surface area contributed by atoms with Gasteiger partial charge in [-0.25, -0.2) is 9.79 Å². The lowest BCUT2D eigenvalue weighted by Gasteiger charge is -2.31. The first-order valence-corrected chi connectivity index (χ1v) is 7.41. The molecular weight excluding hydrogens is 170 g/mol. The Morgan fingerprint density at radius 3 is 2.25 bits per heavy atom. The maximum Gasteiger partial charge on any atom is 0.235 e. The molecule has 0 aliphatic rings. The second kappa shape index (κ2) is 3.98. The maximum absolute atomic E-state index is 9.88. The Bertz CT molecular complexity index is 190. The van der Waals surface area contributed by atoms with Gasteiger partial charge in [0.05, 0.1) is 12.1 Å². The van der Waals surface area contributed by atoms with E-state index in [1.165, 1.54) is 6.08 Å². The molecule has 3 nitrogen and oxygen atoms in total. The molecule has 0 saturated carbocycles. The molecule has 0 saturated heterocycles. The predicted octanol–water partition coefficient (Wildman–Crippen LogP) is 1.95. The molecule has 0 aromatic heterocycles. The zero-order chi connectivity index (χ0) is 9.83. The van der Waals surface area contributed by atoms with E-state index in [-0.39, 0.29) is 5.60 Å². The molecule has 0 N–H and O–H groups in total. The Hall–Kier alpha value is -0.443. The molecule has 70 valence electrons. The lowest BCUT2D eigenvalue weighted by molar-refractivity contribution is 0.111. The van der Waals surface area contributed by atoms with Crippen molar-refractivity contribution in [1.82, 2.24) is 0 Å². The predicted molar refractivity (Wildman–Crippen MR) is 51.5 cm³/mol. The Morgan fingerprint density at radius 1 is 1.42 bits per heavy atom. The molecule has 0 aliphatic heterocycles. The summed E-state index contributed by atoms with van der Waals surface area (Å²) < 4.78 is 5.79. The van der Waals surface area contributed by atoms with Crippen LogP contribution in [0.3, 0.4) is 0 Å². The number of carbonyl (C=O) groups excluding carboxylic acids is 1. The van der Waals surface area contributed by atoms with E-state index in [1.807, 2.05) is 13.8 Å². The third-order valence-corrected chi connectivity index (χ3v) is 2.27. The Labute approximate surface area is 75.0 Å². The molecule has 0 amide bonds. The van der Waals surface area contributed by atoms with Crippen molar-refractivity contribution in [1.29, 1.82) is 0 Å². The maximum atomic E-state index is 9.88. The van der Waals surface area contributed by atoms with Crippen LogP contribution in [0.5, 0.6) is 0 Å². The fourth-order valence-corrected chi connectivity index (χ4v) is 2.81. The van der Waals surface area contributed by atoms with Crippen LogP contribution >= 0.6 is 0 Å². The van der Waals surface area contributed by atoms with Crippen LogP contribution in [0.2, 0.25) is 19.6 Å². The zero-order valence-corrected chi connectivity index (χ0v) is 9.47. The SMILES string of the molecule is CC(C)(CN=C=O)O[Si](C)(C)C. The first-order chi connectivity index (χ1) is 5.27. The van der Waals surface area contributed by atoms with E-state index in [0.717, 1.165) is 0 Å². The third-order valence-electron chi connectivity index (χ3n) is 1.11. The fraction of sp³-hybridized carbons (Fsp3) is 0.875. The highest BCUT2D eigenvalue weighted by Crippen LogP contribution is 2.17. The van der Waals surface area contributed by atoms with E-state index in [0.29, 0.717) is 6.54 Å². The lowest BCUT2D eigenvalue weighted by Crippen LogP contribution is -2.40. The number of aliphatic imine (C=N–C) groups is 1. The van der Waals surface area contributed by atoms with Crippen molar-refractivity contribution in [3.63, 3.8) is 0 Å². The van der Waals surface area contributed by atoms with Crippen molar-refractivity contribution in [2.75, 3.05) is 6.54 Å². The van der Waals surface area contributed by atoms with Gasteiger partial charge in [0.15, 0.2) is 8.32 Å². The second-order valence-corrected chi connectivity index (χ2v) is 8.81. The molecule has 0 radical (unpaired) electrons. The number of rotatable bonds is 4. The van der Waals surface area contributed by atoms with Crippen LogP contribution in [0, 0.1) is 0 Å². The van der Waals surface area contributed by atoms with Gasteiger partial charge in [-0.2, -0.15) is 0 Å². The number of hydrogen-bond donors (Lipinski definition) is 0. The first kappa shape index (κ1) is 11.6. The molecule has 4 heteroatoms. The van der Waals surface area contributed by atoms with Crippen molar-refractivity contribution >= 4 is 14.4 Å². The van der Waals surface area contributed by atoms with Crippen molar-refractivity contribution in [3.8, 4) is 0 Å². The van der Waals surface area contributed by atoms with Crippen LogP contribution in [0.1, 0.15) is 13.8 Å². The second-order valence-electron chi connectivity index (χ2n) is 4.38. The van der Waals surface area contributed by atoms with Gasteiger partial charge in [0, 0.05) is 0 Å². The molecule has 0 bridgehead atoms. The lowest BCUT2D eigenvalue weighted by atomic mass is 10.1. The average Bonchev–Trinajstić information content (AvgIpc) is 1.78. The van der Waals surface area contributed by atoms with Crippen LogP contribution in [0.4, 0.5) is 0 Å². The largest absolute Gasteiger partial charge is 0.411 e. The molecule has 0 fully saturated rings. The Morgan fingerprint density at radius 2 is 1.92 bits per heavy atom. The molecule has 0 aromatic carbocycles. The van der Waals surface area contributed by atoms with Crippen molar-refractivity contribution in [3.05, 3.63) is 0 Å². The minimum absolute atomic E-state index is 0.331. The van der Waals surface area contributed by atoms with Crippen molar-refractivity contribution in [2.24, 2.45) is 4.99 Å². The topological polar surface area (TPSA) is 38.7 Å². The molecule has 0 rings (SSSR count). The van der Waals surface area contributed by atoms with Crippen LogP contribution < -0.4 is 0 Å². The highest BCUT2D eigenvalue weighted by molar-refractivity contribution is 6.69. The van der Waals surface area contributed by atoms with Gasteiger partial charge in [-0.3, -0.25) is 0 Å². The van der Waals surface area contributed by atoms with Crippen LogP contribution in [0.15, 0.2) is 4.99 Å². The molecule has 0 aliphatic carbocycles. The summed E-state index contributed by atoms with van der Waals surface area (Å²) in [5, 5.41) is 0. The summed E-state index contributed by atoms with van der Waals surface area (Å²) in [6.45, 7) is 10.6. The summed E-state index contributed by atoms with van der Waals surface area (Å²) in [7, 11) is -1.53. The Balaban J connectivity index is 4.12. The molecule has 0 unspecified atom stereocenters. The van der Waals surface area contributed by atoms with Gasteiger partial charge < -0.3 is 4.43 Å². The monoisotopic (exact) mass is 187 g/mol. The summed E-state index contributed by atoms with van der Waals surface area (Å²) in [5.41, 5.74) is -0.331. The first-order valence-electron chi connectivity index (χ1n) is 4.01. The minimum Gasteiger partial charge on any atom is -0.411 e. The number of nitrogens with zero attached hydrogens (tertiary/aromatic N) is 1. The summed E-state index contributed by atoms with van der Waals surface area (Å²) in [6.07, 6.45) is 1.52. The van der Waals surface area contributed by atoms with E-state index in [4.69, 9.17) is 4.43 Å². The van der Waals surface area contributed by atoms with E-state index >= 15 is 0 Å². The van der Waals surface area contributed by atoms with Crippen molar-refractivity contribution in [2.45, 2.75) is 39.1 Å². The summed E-state index contributed by atoms with van der Waals surface area (Å²) in [5.74, 6) is 0. The van der Waals surface area contributed by atoms with Gasteiger partial charge in [0.25, 0.3) is 0 Å². The Kier molecular flexibility index (Phi) is 3.84. The van der Waals surface area contributed by atoms with Gasteiger partial charge in [0.2, 0.25) is 6.08 Å². The van der Waals surface area contributed by atoms with Crippen molar-refractivity contribution < 1.29 is 9.22 Å². The van der Waals surface area contributed by atoms with Crippen LogP contribution in [0.25, 0.3) is 0 Å². The highest BCUT2D eigenvalue weighted by Gasteiger charge is 2.26. The molecular formula is C8H17NO2Si. The number of isocyanates is 1. The molecule has 0 atom stereocenters. The summed E-state index contributed by atoms with van der Waals surface area (Å²) in [6, 6.07) is 0. The van der Waals surface area contributed by atoms with E-state index in [2.05, 4.69) is 24.6 Å². The normalized spacial score (nSPS) is 12.4. The van der Waals surface area contributed by atoms with Gasteiger partial charge >= 0.3 is 0 Å². The molecule has 0 heterocycles. The van der Waals surface area contributed by atoms with Gasteiger partial charge in [-0.15, -0.1) is 0 Å². The highest BCUT2D eigenvalue weighted by atomic mass is 28.4.